The van der Waals surface area contributed by atoms with Crippen molar-refractivity contribution in [3.63, 3.8) is 0 Å². The molecule has 0 aromatic heterocycles. The van der Waals surface area contributed by atoms with Crippen LogP contribution in [0.3, 0.4) is 0 Å². The lowest BCUT2D eigenvalue weighted by molar-refractivity contribution is 0.294. The van der Waals surface area contributed by atoms with Crippen molar-refractivity contribution in [2.75, 3.05) is 12.1 Å². The Hall–Kier alpha value is -0.950. The highest BCUT2D eigenvalue weighted by molar-refractivity contribution is 7.74. The van der Waals surface area contributed by atoms with Crippen molar-refractivity contribution in [2.24, 2.45) is 5.73 Å². The summed E-state index contributed by atoms with van der Waals surface area (Å²) >= 11 is -2.32. The second kappa shape index (κ2) is 5.06. The Morgan fingerprint density at radius 1 is 1.57 bits per heavy atom. The first-order chi connectivity index (χ1) is 6.65. The van der Waals surface area contributed by atoms with Crippen LogP contribution in [0.2, 0.25) is 0 Å². The molecule has 0 amide bonds. The molecule has 1 unspecified atom stereocenters. The third kappa shape index (κ3) is 2.78. The third-order valence-electron chi connectivity index (χ3n) is 1.73. The maximum absolute atomic E-state index is 10.4. The maximum atomic E-state index is 10.4. The van der Waals surface area contributed by atoms with Crippen molar-refractivity contribution in [1.29, 1.82) is 0 Å². The van der Waals surface area contributed by atoms with Gasteiger partial charge in [0.2, 0.25) is 0 Å². The van der Waals surface area contributed by atoms with Gasteiger partial charge in [0.05, 0.1) is 5.69 Å². The van der Waals surface area contributed by atoms with E-state index >= 15 is 0 Å². The van der Waals surface area contributed by atoms with E-state index in [0.29, 0.717) is 12.2 Å². The molecular formula is C8H12N2O3S. The molecule has 0 bridgehead atoms. The van der Waals surface area contributed by atoms with Crippen LogP contribution in [-0.4, -0.2) is 15.8 Å². The lowest BCUT2D eigenvalue weighted by Crippen LogP contribution is -2.20. The molecule has 1 rings (SSSR count). The summed E-state index contributed by atoms with van der Waals surface area (Å²) in [6.45, 7) is 0.349. The molecule has 0 aliphatic heterocycles. The molecule has 3 N–H and O–H groups in total. The number of nitrogens with zero attached hydrogens (tertiary/aromatic N) is 1. The minimum atomic E-state index is -2.32. The second-order valence-corrected chi connectivity index (χ2v) is 3.21. The van der Waals surface area contributed by atoms with Gasteiger partial charge < -0.3 is 5.73 Å². The quantitative estimate of drug-likeness (QED) is 0.571. The van der Waals surface area contributed by atoms with E-state index in [1.165, 1.54) is 5.06 Å². The van der Waals surface area contributed by atoms with Crippen LogP contribution in [0.1, 0.15) is 5.56 Å². The lowest BCUT2D eigenvalue weighted by atomic mass is 10.2. The molecule has 1 atom stereocenters. The van der Waals surface area contributed by atoms with E-state index in [1.807, 2.05) is 12.1 Å². The molecule has 0 spiro atoms. The number of para-hydroxylation sites is 1. The molecule has 6 heteroatoms. The molecule has 0 radical (unpaired) electrons. The summed E-state index contributed by atoms with van der Waals surface area (Å²) in [5, 5.41) is 1.22. The number of hydroxylamine groups is 1. The summed E-state index contributed by atoms with van der Waals surface area (Å²) in [6.07, 6.45) is 0. The van der Waals surface area contributed by atoms with Crippen LogP contribution >= 0.6 is 0 Å². The highest BCUT2D eigenvalue weighted by atomic mass is 32.2. The average Bonchev–Trinajstić information content (AvgIpc) is 2.16. The average molecular weight is 216 g/mol. The minimum Gasteiger partial charge on any atom is -0.326 e. The van der Waals surface area contributed by atoms with E-state index in [4.69, 9.17) is 10.3 Å². The van der Waals surface area contributed by atoms with Crippen molar-refractivity contribution >= 4 is 17.0 Å². The Kier molecular flexibility index (Phi) is 4.02. The van der Waals surface area contributed by atoms with Crippen LogP contribution in [0.15, 0.2) is 24.3 Å². The van der Waals surface area contributed by atoms with Gasteiger partial charge in [-0.15, -0.1) is 4.28 Å². The number of nitrogens with two attached hydrogens (primary N) is 1. The first-order valence-corrected chi connectivity index (χ1v) is 4.99. The summed E-state index contributed by atoms with van der Waals surface area (Å²) in [5.41, 5.74) is 7.02. The van der Waals surface area contributed by atoms with E-state index in [0.717, 1.165) is 5.56 Å². The fourth-order valence-corrected chi connectivity index (χ4v) is 1.40. The zero-order valence-electron chi connectivity index (χ0n) is 7.71. The van der Waals surface area contributed by atoms with E-state index in [1.54, 1.807) is 19.2 Å². The number of anilines is 1. The number of rotatable bonds is 4. The van der Waals surface area contributed by atoms with E-state index in [9.17, 15) is 4.21 Å². The van der Waals surface area contributed by atoms with Crippen LogP contribution in [-0.2, 0) is 22.2 Å². The molecule has 0 fully saturated rings. The number of hydrogen-bond donors (Lipinski definition) is 2. The molecule has 5 nitrogen and oxygen atoms in total. The molecule has 0 saturated heterocycles. The molecule has 0 aliphatic rings. The molecule has 0 aliphatic carbocycles. The smallest absolute Gasteiger partial charge is 0.325 e. The monoisotopic (exact) mass is 216 g/mol. The molecule has 1 aromatic rings. The predicted molar refractivity (Wildman–Crippen MR) is 54.6 cm³/mol. The van der Waals surface area contributed by atoms with Crippen LogP contribution in [0.4, 0.5) is 5.69 Å². The largest absolute Gasteiger partial charge is 0.326 e. The van der Waals surface area contributed by atoms with Crippen LogP contribution < -0.4 is 10.8 Å². The Morgan fingerprint density at radius 2 is 2.21 bits per heavy atom. The minimum absolute atomic E-state index is 0.349. The zero-order valence-corrected chi connectivity index (χ0v) is 8.53. The van der Waals surface area contributed by atoms with Crippen LogP contribution in [0.5, 0.6) is 0 Å². The van der Waals surface area contributed by atoms with Gasteiger partial charge in [0, 0.05) is 13.6 Å². The van der Waals surface area contributed by atoms with Gasteiger partial charge in [0.1, 0.15) is 0 Å². The van der Waals surface area contributed by atoms with E-state index in [-0.39, 0.29) is 0 Å². The van der Waals surface area contributed by atoms with Crippen LogP contribution in [0, 0.1) is 0 Å². The first-order valence-electron chi connectivity index (χ1n) is 3.96. The highest BCUT2D eigenvalue weighted by Crippen LogP contribution is 2.18. The standard InChI is InChI=1S/C8H12N2O3S/c1-10(13-14(11)12)8-5-3-2-4-7(8)6-9/h2-5H,6,9H2,1H3,(H,11,12). The van der Waals surface area contributed by atoms with Gasteiger partial charge >= 0.3 is 11.4 Å². The van der Waals surface area contributed by atoms with Crippen molar-refractivity contribution < 1.29 is 13.0 Å². The van der Waals surface area contributed by atoms with Gasteiger partial charge in [-0.05, 0) is 11.6 Å². The molecule has 14 heavy (non-hydrogen) atoms. The topological polar surface area (TPSA) is 75.8 Å². The molecule has 78 valence electrons. The normalized spacial score (nSPS) is 12.5. The molecular weight excluding hydrogens is 204 g/mol. The van der Waals surface area contributed by atoms with Gasteiger partial charge in [-0.25, -0.2) is 5.06 Å². The third-order valence-corrected chi connectivity index (χ3v) is 2.08. The summed E-state index contributed by atoms with van der Waals surface area (Å²) in [7, 11) is 1.54. The Balaban J connectivity index is 2.87. The van der Waals surface area contributed by atoms with Gasteiger partial charge in [-0.1, -0.05) is 18.2 Å². The summed E-state index contributed by atoms with van der Waals surface area (Å²) in [6, 6.07) is 7.23. The Morgan fingerprint density at radius 3 is 2.79 bits per heavy atom. The summed E-state index contributed by atoms with van der Waals surface area (Å²) in [4.78, 5) is 0. The van der Waals surface area contributed by atoms with E-state index in [2.05, 4.69) is 4.28 Å². The Bertz CT molecular complexity index is 332. The first kappa shape index (κ1) is 11.1. The van der Waals surface area contributed by atoms with Crippen molar-refractivity contribution in [3.8, 4) is 0 Å². The predicted octanol–water partition coefficient (Wildman–Crippen LogP) is 0.650. The van der Waals surface area contributed by atoms with Crippen molar-refractivity contribution in [3.05, 3.63) is 29.8 Å². The Labute approximate surface area is 84.9 Å². The van der Waals surface area contributed by atoms with Gasteiger partial charge in [-0.3, -0.25) is 4.55 Å². The molecule has 0 saturated carbocycles. The summed E-state index contributed by atoms with van der Waals surface area (Å²) < 4.78 is 23.5. The fraction of sp³-hybridized carbons (Fsp3) is 0.250. The lowest BCUT2D eigenvalue weighted by Gasteiger charge is -2.18. The number of hydrogen-bond acceptors (Lipinski definition) is 4. The van der Waals surface area contributed by atoms with Gasteiger partial charge in [-0.2, -0.15) is 4.21 Å². The molecule has 0 heterocycles. The zero-order chi connectivity index (χ0) is 10.6. The van der Waals surface area contributed by atoms with Crippen molar-refractivity contribution in [2.45, 2.75) is 6.54 Å². The van der Waals surface area contributed by atoms with Crippen molar-refractivity contribution in [1.82, 2.24) is 0 Å². The highest BCUT2D eigenvalue weighted by Gasteiger charge is 2.08. The number of benzene rings is 1. The van der Waals surface area contributed by atoms with E-state index < -0.39 is 11.4 Å². The maximum Gasteiger partial charge on any atom is 0.325 e. The van der Waals surface area contributed by atoms with Gasteiger partial charge in [0.25, 0.3) is 0 Å². The summed E-state index contributed by atoms with van der Waals surface area (Å²) in [5.74, 6) is 0. The SMILES string of the molecule is CN(OS(=O)O)c1ccccc1CN. The fourth-order valence-electron chi connectivity index (χ4n) is 1.13. The second-order valence-electron chi connectivity index (χ2n) is 2.62. The van der Waals surface area contributed by atoms with Gasteiger partial charge in [0.15, 0.2) is 0 Å². The van der Waals surface area contributed by atoms with Crippen LogP contribution in [0.25, 0.3) is 0 Å². The molecule has 1 aromatic carbocycles.